The minimum absolute atomic E-state index is 0.191. The van der Waals surface area contributed by atoms with Gasteiger partial charge in [-0.2, -0.15) is 8.42 Å². The average Bonchev–Trinajstić information content (AvgIpc) is 2.29. The van der Waals surface area contributed by atoms with Crippen molar-refractivity contribution in [3.63, 3.8) is 0 Å². The molecule has 0 atom stereocenters. The second-order valence-electron chi connectivity index (χ2n) is 3.75. The van der Waals surface area contributed by atoms with Gasteiger partial charge in [-0.15, -0.1) is 0 Å². The molecule has 0 bridgehead atoms. The molecule has 1 N–H and O–H groups in total. The van der Waals surface area contributed by atoms with Gasteiger partial charge in [0.25, 0.3) is 10.1 Å². The van der Waals surface area contributed by atoms with Crippen LogP contribution in [0, 0.1) is 13.0 Å². The van der Waals surface area contributed by atoms with Gasteiger partial charge in [-0.05, 0) is 12.5 Å². The molecular formula is C13H11O3S. The van der Waals surface area contributed by atoms with E-state index in [1.807, 2.05) is 31.2 Å². The van der Waals surface area contributed by atoms with Crippen molar-refractivity contribution in [1.29, 1.82) is 0 Å². The average molecular weight is 247 g/mol. The molecule has 0 saturated carbocycles. The van der Waals surface area contributed by atoms with Gasteiger partial charge in [-0.25, -0.2) is 0 Å². The molecule has 2 rings (SSSR count). The topological polar surface area (TPSA) is 54.4 Å². The van der Waals surface area contributed by atoms with Crippen LogP contribution in [0.3, 0.4) is 0 Å². The van der Waals surface area contributed by atoms with Crippen molar-refractivity contribution in [3.05, 3.63) is 54.1 Å². The second-order valence-corrected chi connectivity index (χ2v) is 5.11. The first-order valence-corrected chi connectivity index (χ1v) is 6.48. The van der Waals surface area contributed by atoms with E-state index < -0.39 is 10.1 Å². The van der Waals surface area contributed by atoms with E-state index in [1.54, 1.807) is 12.1 Å². The van der Waals surface area contributed by atoms with Crippen molar-refractivity contribution < 1.29 is 13.0 Å². The summed E-state index contributed by atoms with van der Waals surface area (Å²) in [7, 11) is -4.25. The molecule has 0 aliphatic heterocycles. The van der Waals surface area contributed by atoms with E-state index in [4.69, 9.17) is 4.55 Å². The summed E-state index contributed by atoms with van der Waals surface area (Å²) in [6.07, 6.45) is 0. The third-order valence-electron chi connectivity index (χ3n) is 2.44. The van der Waals surface area contributed by atoms with Gasteiger partial charge in [-0.1, -0.05) is 48.0 Å². The van der Waals surface area contributed by atoms with E-state index in [9.17, 15) is 8.42 Å². The molecule has 0 aliphatic carbocycles. The van der Waals surface area contributed by atoms with E-state index in [0.717, 1.165) is 11.1 Å². The number of aryl methyl sites for hydroxylation is 1. The minimum atomic E-state index is -4.25. The normalized spacial score (nSPS) is 11.4. The number of benzene rings is 2. The predicted octanol–water partition coefficient (Wildman–Crippen LogP) is 2.71. The van der Waals surface area contributed by atoms with Crippen LogP contribution in [0.2, 0.25) is 0 Å². The van der Waals surface area contributed by atoms with Gasteiger partial charge >= 0.3 is 0 Å². The van der Waals surface area contributed by atoms with Crippen molar-refractivity contribution >= 4 is 10.1 Å². The molecular weight excluding hydrogens is 236 g/mol. The van der Waals surface area contributed by atoms with Gasteiger partial charge in [0.15, 0.2) is 0 Å². The molecule has 87 valence electrons. The minimum Gasteiger partial charge on any atom is -0.282 e. The maximum absolute atomic E-state index is 11.2. The third-order valence-corrected chi connectivity index (χ3v) is 3.29. The molecule has 1 radical (unpaired) electrons. The highest BCUT2D eigenvalue weighted by molar-refractivity contribution is 7.86. The predicted molar refractivity (Wildman–Crippen MR) is 65.3 cm³/mol. The van der Waals surface area contributed by atoms with Gasteiger partial charge in [0.1, 0.15) is 4.90 Å². The van der Waals surface area contributed by atoms with Crippen LogP contribution in [0.4, 0.5) is 0 Å². The largest absolute Gasteiger partial charge is 0.295 e. The van der Waals surface area contributed by atoms with E-state index in [2.05, 4.69) is 6.07 Å². The smallest absolute Gasteiger partial charge is 0.282 e. The van der Waals surface area contributed by atoms with Crippen LogP contribution in [0.1, 0.15) is 5.56 Å². The molecule has 0 unspecified atom stereocenters. The molecule has 3 nitrogen and oxygen atoms in total. The molecule has 2 aromatic rings. The fraction of sp³-hybridized carbons (Fsp3) is 0.0769. The first-order chi connectivity index (χ1) is 7.98. The lowest BCUT2D eigenvalue weighted by atomic mass is 10.0. The van der Waals surface area contributed by atoms with Crippen molar-refractivity contribution in [2.45, 2.75) is 11.8 Å². The summed E-state index contributed by atoms with van der Waals surface area (Å²) in [5, 5.41) is 0. The maximum atomic E-state index is 11.2. The number of hydrogen-bond donors (Lipinski definition) is 1. The molecule has 0 aromatic heterocycles. The second kappa shape index (κ2) is 4.31. The Morgan fingerprint density at radius 2 is 1.76 bits per heavy atom. The zero-order valence-electron chi connectivity index (χ0n) is 9.21. The van der Waals surface area contributed by atoms with Gasteiger partial charge in [0, 0.05) is 11.6 Å². The molecule has 0 aliphatic rings. The highest BCUT2D eigenvalue weighted by Gasteiger charge is 2.15. The van der Waals surface area contributed by atoms with Crippen molar-refractivity contribution in [2.24, 2.45) is 0 Å². The fourth-order valence-electron chi connectivity index (χ4n) is 1.60. The molecule has 0 saturated heterocycles. The SMILES string of the molecule is Cc1ccc(-c2ccc[c]c2S(=O)(=O)O)cc1. The quantitative estimate of drug-likeness (QED) is 0.830. The van der Waals surface area contributed by atoms with Crippen LogP contribution in [0.15, 0.2) is 47.4 Å². The number of rotatable bonds is 2. The van der Waals surface area contributed by atoms with Crippen LogP contribution in [-0.4, -0.2) is 13.0 Å². The Bertz CT molecular complexity index is 628. The van der Waals surface area contributed by atoms with Crippen LogP contribution < -0.4 is 0 Å². The lowest BCUT2D eigenvalue weighted by Gasteiger charge is -2.06. The highest BCUT2D eigenvalue weighted by atomic mass is 32.2. The van der Waals surface area contributed by atoms with Gasteiger partial charge in [-0.3, -0.25) is 4.55 Å². The monoisotopic (exact) mass is 247 g/mol. The summed E-state index contributed by atoms with van der Waals surface area (Å²) >= 11 is 0. The first-order valence-electron chi connectivity index (χ1n) is 5.04. The van der Waals surface area contributed by atoms with Crippen LogP contribution in [-0.2, 0) is 10.1 Å². The Kier molecular flexibility index (Phi) is 3.00. The summed E-state index contributed by atoms with van der Waals surface area (Å²) in [5.41, 5.74) is 2.28. The van der Waals surface area contributed by atoms with Gasteiger partial charge < -0.3 is 0 Å². The Morgan fingerprint density at radius 3 is 2.35 bits per heavy atom. The molecule has 0 heterocycles. The maximum Gasteiger partial charge on any atom is 0.295 e. The summed E-state index contributed by atoms with van der Waals surface area (Å²) in [5.74, 6) is 0. The third kappa shape index (κ3) is 2.54. The van der Waals surface area contributed by atoms with Gasteiger partial charge in [0.05, 0.1) is 0 Å². The summed E-state index contributed by atoms with van der Waals surface area (Å²) in [4.78, 5) is -0.191. The molecule has 0 fully saturated rings. The summed E-state index contributed by atoms with van der Waals surface area (Å²) < 4.78 is 31.6. The van der Waals surface area contributed by atoms with E-state index in [0.29, 0.717) is 5.56 Å². The summed E-state index contributed by atoms with van der Waals surface area (Å²) in [6, 6.07) is 14.7. The Morgan fingerprint density at radius 1 is 1.12 bits per heavy atom. The van der Waals surface area contributed by atoms with E-state index in [1.165, 1.54) is 6.07 Å². The molecule has 17 heavy (non-hydrogen) atoms. The molecule has 0 amide bonds. The zero-order chi connectivity index (χ0) is 12.5. The van der Waals surface area contributed by atoms with Crippen molar-refractivity contribution in [2.75, 3.05) is 0 Å². The van der Waals surface area contributed by atoms with Gasteiger partial charge in [0.2, 0.25) is 0 Å². The summed E-state index contributed by atoms with van der Waals surface area (Å²) in [6.45, 7) is 1.95. The highest BCUT2D eigenvalue weighted by Crippen LogP contribution is 2.26. The lowest BCUT2D eigenvalue weighted by Crippen LogP contribution is -2.00. The molecule has 2 aromatic carbocycles. The van der Waals surface area contributed by atoms with E-state index in [-0.39, 0.29) is 4.90 Å². The van der Waals surface area contributed by atoms with Crippen LogP contribution in [0.5, 0.6) is 0 Å². The lowest BCUT2D eigenvalue weighted by molar-refractivity contribution is 0.483. The number of hydrogen-bond acceptors (Lipinski definition) is 2. The van der Waals surface area contributed by atoms with Crippen LogP contribution in [0.25, 0.3) is 11.1 Å². The first kappa shape index (κ1) is 11.8. The Hall–Kier alpha value is -1.65. The Balaban J connectivity index is 2.64. The standard InChI is InChI=1S/C13H11O3S/c1-10-6-8-11(9-7-10)12-4-2-3-5-13(12)17(14,15)16/h2-4,6-9H,1H3,(H,14,15,16). The molecule has 0 spiro atoms. The van der Waals surface area contributed by atoms with Crippen molar-refractivity contribution in [1.82, 2.24) is 0 Å². The zero-order valence-corrected chi connectivity index (χ0v) is 10.0. The molecule has 4 heteroatoms. The Labute approximate surface area is 100 Å². The van der Waals surface area contributed by atoms with E-state index >= 15 is 0 Å². The van der Waals surface area contributed by atoms with Crippen LogP contribution >= 0.6 is 0 Å². The fourth-order valence-corrected chi connectivity index (χ4v) is 2.28. The van der Waals surface area contributed by atoms with Crippen molar-refractivity contribution in [3.8, 4) is 11.1 Å².